The first-order chi connectivity index (χ1) is 7.09. The molecule has 6 heteroatoms. The lowest BCUT2D eigenvalue weighted by molar-refractivity contribution is -0.117. The molecular weight excluding hydrogens is 209 g/mol. The number of halogens is 3. The number of benzene rings is 1. The molecule has 1 saturated heterocycles. The molecule has 2 rings (SSSR count). The molecule has 1 heterocycles. The second-order valence-electron chi connectivity index (χ2n) is 3.11. The van der Waals surface area contributed by atoms with Crippen molar-refractivity contribution in [2.75, 3.05) is 11.6 Å². The van der Waals surface area contributed by atoms with Gasteiger partial charge in [-0.3, -0.25) is 4.79 Å². The number of rotatable bonds is 1. The molecule has 1 N–H and O–H groups in total. The highest BCUT2D eigenvalue weighted by Gasteiger charge is 2.27. The maximum absolute atomic E-state index is 13.2. The molecule has 80 valence electrons. The minimum Gasteiger partial charge on any atom is -0.273 e. The normalized spacial score (nSPS) is 16.2. The molecule has 1 aromatic carbocycles. The van der Waals surface area contributed by atoms with Gasteiger partial charge in [0.15, 0.2) is 11.6 Å². The third-order valence-corrected chi connectivity index (χ3v) is 2.06. The van der Waals surface area contributed by atoms with Gasteiger partial charge in [0, 0.05) is 25.1 Å². The Morgan fingerprint density at radius 2 is 1.80 bits per heavy atom. The third kappa shape index (κ3) is 1.68. The lowest BCUT2D eigenvalue weighted by atomic mass is 10.2. The van der Waals surface area contributed by atoms with Crippen molar-refractivity contribution in [3.63, 3.8) is 0 Å². The van der Waals surface area contributed by atoms with Crippen molar-refractivity contribution in [1.29, 1.82) is 0 Å². The van der Waals surface area contributed by atoms with Crippen LogP contribution in [0.1, 0.15) is 6.42 Å². The predicted octanol–water partition coefficient (Wildman–Crippen LogP) is 1.35. The van der Waals surface area contributed by atoms with Gasteiger partial charge in [-0.25, -0.2) is 23.6 Å². The van der Waals surface area contributed by atoms with Crippen LogP contribution < -0.4 is 10.4 Å². The van der Waals surface area contributed by atoms with Crippen LogP contribution in [-0.2, 0) is 4.79 Å². The highest BCUT2D eigenvalue weighted by Crippen LogP contribution is 2.25. The summed E-state index contributed by atoms with van der Waals surface area (Å²) in [6.07, 6.45) is 0.163. The van der Waals surface area contributed by atoms with Crippen LogP contribution >= 0.6 is 0 Å². The summed E-state index contributed by atoms with van der Waals surface area (Å²) in [5.74, 6) is -3.66. The van der Waals surface area contributed by atoms with Crippen LogP contribution in [0.3, 0.4) is 0 Å². The molecule has 1 aliphatic rings. The molecule has 1 fully saturated rings. The Morgan fingerprint density at radius 1 is 1.20 bits per heavy atom. The standard InChI is InChI=1S/C9H7F3N2O/c10-5-3-6(11)9(7(12)4-5)14-8(15)1-2-13-14/h3-4,13H,1-2H2. The summed E-state index contributed by atoms with van der Waals surface area (Å²) >= 11 is 0. The average Bonchev–Trinajstić information content (AvgIpc) is 2.50. The summed E-state index contributed by atoms with van der Waals surface area (Å²) in [6.45, 7) is 0.315. The molecule has 0 saturated carbocycles. The minimum absolute atomic E-state index is 0.163. The molecule has 0 bridgehead atoms. The highest BCUT2D eigenvalue weighted by molar-refractivity contribution is 5.94. The van der Waals surface area contributed by atoms with Gasteiger partial charge < -0.3 is 0 Å². The summed E-state index contributed by atoms with van der Waals surface area (Å²) in [7, 11) is 0. The Kier molecular flexibility index (Phi) is 2.36. The zero-order chi connectivity index (χ0) is 11.0. The number of hydrogen-bond acceptors (Lipinski definition) is 2. The van der Waals surface area contributed by atoms with E-state index in [4.69, 9.17) is 0 Å². The number of hydrogen-bond donors (Lipinski definition) is 1. The molecule has 3 nitrogen and oxygen atoms in total. The number of hydrazine groups is 1. The predicted molar refractivity (Wildman–Crippen MR) is 46.4 cm³/mol. The second kappa shape index (κ2) is 3.54. The molecule has 0 aliphatic carbocycles. The molecule has 1 amide bonds. The van der Waals surface area contributed by atoms with Crippen LogP contribution in [0.2, 0.25) is 0 Å². The second-order valence-corrected chi connectivity index (χ2v) is 3.11. The van der Waals surface area contributed by atoms with E-state index in [9.17, 15) is 18.0 Å². The van der Waals surface area contributed by atoms with Crippen LogP contribution in [0.5, 0.6) is 0 Å². The Bertz CT molecular complexity index is 399. The van der Waals surface area contributed by atoms with Gasteiger partial charge in [0.1, 0.15) is 11.5 Å². The van der Waals surface area contributed by atoms with Crippen molar-refractivity contribution >= 4 is 11.6 Å². The lowest BCUT2D eigenvalue weighted by Crippen LogP contribution is -2.35. The van der Waals surface area contributed by atoms with Gasteiger partial charge >= 0.3 is 0 Å². The Balaban J connectivity index is 2.47. The van der Waals surface area contributed by atoms with Crippen LogP contribution in [0.25, 0.3) is 0 Å². The van der Waals surface area contributed by atoms with E-state index in [2.05, 4.69) is 5.43 Å². The highest BCUT2D eigenvalue weighted by atomic mass is 19.1. The topological polar surface area (TPSA) is 32.3 Å². The van der Waals surface area contributed by atoms with Gasteiger partial charge in [-0.15, -0.1) is 0 Å². The maximum atomic E-state index is 13.2. The molecule has 0 atom stereocenters. The first kappa shape index (κ1) is 9.97. The van der Waals surface area contributed by atoms with Gasteiger partial charge in [-0.05, 0) is 0 Å². The van der Waals surface area contributed by atoms with Crippen molar-refractivity contribution in [3.05, 3.63) is 29.6 Å². The SMILES string of the molecule is O=C1CCNN1c1c(F)cc(F)cc1F. The van der Waals surface area contributed by atoms with E-state index in [1.807, 2.05) is 0 Å². The molecule has 0 unspecified atom stereocenters. The Hall–Kier alpha value is -1.56. The fourth-order valence-corrected chi connectivity index (χ4v) is 1.43. The van der Waals surface area contributed by atoms with E-state index < -0.39 is 29.0 Å². The van der Waals surface area contributed by atoms with Crippen molar-refractivity contribution in [3.8, 4) is 0 Å². The number of carbonyl (C=O) groups is 1. The number of carbonyl (C=O) groups excluding carboxylic acids is 1. The van der Waals surface area contributed by atoms with Crippen LogP contribution in [0.4, 0.5) is 18.9 Å². The van der Waals surface area contributed by atoms with Crippen molar-refractivity contribution in [2.24, 2.45) is 0 Å². The summed E-state index contributed by atoms with van der Waals surface area (Å²) in [6, 6.07) is 1.07. The average molecular weight is 216 g/mol. The summed E-state index contributed by atoms with van der Waals surface area (Å²) in [5.41, 5.74) is 1.95. The van der Waals surface area contributed by atoms with Crippen molar-refractivity contribution < 1.29 is 18.0 Å². The monoisotopic (exact) mass is 216 g/mol. The van der Waals surface area contributed by atoms with E-state index in [1.165, 1.54) is 0 Å². The lowest BCUT2D eigenvalue weighted by Gasteiger charge is -2.17. The van der Waals surface area contributed by atoms with Gasteiger partial charge in [0.25, 0.3) is 0 Å². The summed E-state index contributed by atoms with van der Waals surface area (Å²) in [5, 5.41) is 0.768. The van der Waals surface area contributed by atoms with E-state index in [0.717, 1.165) is 5.01 Å². The maximum Gasteiger partial charge on any atom is 0.242 e. The molecule has 1 aromatic rings. The number of nitrogens with one attached hydrogen (secondary N) is 1. The number of amides is 1. The summed E-state index contributed by atoms with van der Waals surface area (Å²) in [4.78, 5) is 11.2. The van der Waals surface area contributed by atoms with E-state index >= 15 is 0 Å². The van der Waals surface area contributed by atoms with Gasteiger partial charge in [-0.1, -0.05) is 0 Å². The fourth-order valence-electron chi connectivity index (χ4n) is 1.43. The Morgan fingerprint density at radius 3 is 2.27 bits per heavy atom. The van der Waals surface area contributed by atoms with Gasteiger partial charge in [0.05, 0.1) is 0 Å². The van der Waals surface area contributed by atoms with Gasteiger partial charge in [0.2, 0.25) is 5.91 Å². The molecule has 0 radical (unpaired) electrons. The van der Waals surface area contributed by atoms with E-state index in [-0.39, 0.29) is 6.42 Å². The quantitative estimate of drug-likeness (QED) is 0.768. The largest absolute Gasteiger partial charge is 0.273 e. The first-order valence-corrected chi connectivity index (χ1v) is 4.30. The van der Waals surface area contributed by atoms with Crippen LogP contribution in [-0.4, -0.2) is 12.5 Å². The van der Waals surface area contributed by atoms with E-state index in [1.54, 1.807) is 0 Å². The number of anilines is 1. The molecular formula is C9H7F3N2O. The fraction of sp³-hybridized carbons (Fsp3) is 0.222. The summed E-state index contributed by atoms with van der Waals surface area (Å²) < 4.78 is 39.0. The van der Waals surface area contributed by atoms with Crippen molar-refractivity contribution in [1.82, 2.24) is 5.43 Å². The molecule has 0 aromatic heterocycles. The van der Waals surface area contributed by atoms with E-state index in [0.29, 0.717) is 18.7 Å². The first-order valence-electron chi connectivity index (χ1n) is 4.30. The van der Waals surface area contributed by atoms with Crippen LogP contribution in [0.15, 0.2) is 12.1 Å². The zero-order valence-electron chi connectivity index (χ0n) is 7.56. The Labute approximate surface area is 83.5 Å². The third-order valence-electron chi connectivity index (χ3n) is 2.06. The molecule has 15 heavy (non-hydrogen) atoms. The smallest absolute Gasteiger partial charge is 0.242 e. The van der Waals surface area contributed by atoms with Crippen molar-refractivity contribution in [2.45, 2.75) is 6.42 Å². The number of nitrogens with zero attached hydrogens (tertiary/aromatic N) is 1. The van der Waals surface area contributed by atoms with Gasteiger partial charge in [-0.2, -0.15) is 0 Å². The molecule has 1 aliphatic heterocycles. The van der Waals surface area contributed by atoms with Crippen LogP contribution in [0, 0.1) is 17.5 Å². The molecule has 0 spiro atoms. The zero-order valence-corrected chi connectivity index (χ0v) is 7.56. The minimum atomic E-state index is -1.10.